The number of carbonyl (C=O) groups excluding carboxylic acids is 2. The van der Waals surface area contributed by atoms with Crippen LogP contribution in [0.1, 0.15) is 98.3 Å². The van der Waals surface area contributed by atoms with Gasteiger partial charge in [0.05, 0.1) is 39.6 Å². The third-order valence-electron chi connectivity index (χ3n) is 7.30. The molecule has 0 bridgehead atoms. The minimum Gasteiger partial charge on any atom is -0.480 e. The summed E-state index contributed by atoms with van der Waals surface area (Å²) in [7, 11) is -2.82. The second kappa shape index (κ2) is 22.9. The summed E-state index contributed by atoms with van der Waals surface area (Å²) in [5, 5.41) is 9.98. The highest BCUT2D eigenvalue weighted by atomic mass is 31.2. The van der Waals surface area contributed by atoms with Crippen molar-refractivity contribution >= 4 is 32.0 Å². The van der Waals surface area contributed by atoms with Gasteiger partial charge < -0.3 is 34.7 Å². The Morgan fingerprint density at radius 2 is 1.29 bits per heavy atom. The summed E-state index contributed by atoms with van der Waals surface area (Å²) in [6.07, 6.45) is 8.09. The van der Waals surface area contributed by atoms with Crippen molar-refractivity contribution in [3.8, 4) is 0 Å². The molecule has 3 N–H and O–H groups in total. The van der Waals surface area contributed by atoms with E-state index in [1.807, 2.05) is 13.8 Å². The van der Waals surface area contributed by atoms with Crippen molar-refractivity contribution in [3.63, 3.8) is 0 Å². The molecule has 14 nitrogen and oxygen atoms in total. The van der Waals surface area contributed by atoms with Crippen LogP contribution in [0.5, 0.6) is 0 Å². The molecule has 1 fully saturated rings. The van der Waals surface area contributed by atoms with Crippen molar-refractivity contribution in [3.05, 3.63) is 0 Å². The third kappa shape index (κ3) is 17.6. The van der Waals surface area contributed by atoms with E-state index in [2.05, 4.69) is 4.76 Å². The van der Waals surface area contributed by atoms with Crippen LogP contribution >= 0.6 is 7.75 Å². The van der Waals surface area contributed by atoms with Crippen LogP contribution in [0.4, 0.5) is 9.59 Å². The highest BCUT2D eigenvalue weighted by molar-refractivity contribution is 7.52. The third-order valence-corrected chi connectivity index (χ3v) is 8.70. The Morgan fingerprint density at radius 1 is 0.822 bits per heavy atom. The highest BCUT2D eigenvalue weighted by Gasteiger charge is 2.36. The smallest absolute Gasteiger partial charge is 0.480 e. The minimum absolute atomic E-state index is 0.0703. The molecule has 0 saturated heterocycles. The first-order chi connectivity index (χ1) is 21.4. The standard InChI is InChI=1S/C30H56N3O11P/c1-6-8-13-17-39-29(36)41-19-23(3)21-43-45(38,44-22-24(4)20-42-30(37)40-18-14-9-7-2)32-28(31)33(5)26(27(34)35)25-15-11-10-12-16-25/h23-26H,6-22H2,1-5H3,(H,34,35)(H2,31,32,38). The molecule has 1 aliphatic carbocycles. The summed E-state index contributed by atoms with van der Waals surface area (Å²) in [6, 6.07) is -0.964. The van der Waals surface area contributed by atoms with Crippen LogP contribution in [-0.2, 0) is 37.4 Å². The van der Waals surface area contributed by atoms with Gasteiger partial charge in [0.2, 0.25) is 5.96 Å². The van der Waals surface area contributed by atoms with E-state index in [0.717, 1.165) is 70.6 Å². The number of carboxylic acids is 1. The molecule has 1 saturated carbocycles. The first kappa shape index (κ1) is 40.5. The fourth-order valence-electron chi connectivity index (χ4n) is 4.63. The van der Waals surface area contributed by atoms with Crippen molar-refractivity contribution < 1.29 is 52.1 Å². The molecule has 3 unspecified atom stereocenters. The molecule has 0 spiro atoms. The van der Waals surface area contributed by atoms with E-state index in [1.54, 1.807) is 13.8 Å². The Labute approximate surface area is 268 Å². The summed E-state index contributed by atoms with van der Waals surface area (Å²) in [5.74, 6) is -2.35. The molecule has 0 amide bonds. The van der Waals surface area contributed by atoms with Gasteiger partial charge in [0, 0.05) is 18.9 Å². The second-order valence-electron chi connectivity index (χ2n) is 11.8. The van der Waals surface area contributed by atoms with Gasteiger partial charge in [0.15, 0.2) is 0 Å². The van der Waals surface area contributed by atoms with E-state index in [9.17, 15) is 24.1 Å². The van der Waals surface area contributed by atoms with Gasteiger partial charge in [-0.3, -0.25) is 9.05 Å². The maximum absolute atomic E-state index is 13.8. The molecular weight excluding hydrogens is 609 g/mol. The summed E-state index contributed by atoms with van der Waals surface area (Å²) < 4.78 is 49.4. The molecule has 0 aromatic heterocycles. The lowest BCUT2D eigenvalue weighted by Crippen LogP contribution is -2.50. The van der Waals surface area contributed by atoms with E-state index < -0.39 is 43.9 Å². The predicted molar refractivity (Wildman–Crippen MR) is 169 cm³/mol. The van der Waals surface area contributed by atoms with Gasteiger partial charge in [-0.25, -0.2) is 18.9 Å². The molecule has 3 atom stereocenters. The zero-order chi connectivity index (χ0) is 33.7. The quantitative estimate of drug-likeness (QED) is 0.0428. The molecule has 0 aromatic rings. The largest absolute Gasteiger partial charge is 0.508 e. The molecule has 0 aliphatic heterocycles. The molecule has 0 heterocycles. The number of carboxylic acid groups (broad SMARTS) is 1. The summed E-state index contributed by atoms with van der Waals surface area (Å²) in [5.41, 5.74) is 6.20. The number of unbranched alkanes of at least 4 members (excludes halogenated alkanes) is 4. The number of nitrogens with two attached hydrogens (primary N) is 1. The number of rotatable bonds is 22. The number of nitrogens with zero attached hydrogens (tertiary/aromatic N) is 2. The fraction of sp³-hybridized carbons (Fsp3) is 0.867. The van der Waals surface area contributed by atoms with E-state index in [-0.39, 0.29) is 51.5 Å². The first-order valence-corrected chi connectivity index (χ1v) is 17.7. The Morgan fingerprint density at radius 3 is 1.71 bits per heavy atom. The van der Waals surface area contributed by atoms with E-state index in [1.165, 1.54) is 11.9 Å². The lowest BCUT2D eigenvalue weighted by Gasteiger charge is -2.34. The lowest BCUT2D eigenvalue weighted by molar-refractivity contribution is -0.143. The van der Waals surface area contributed by atoms with Crippen LogP contribution in [0.15, 0.2) is 4.76 Å². The van der Waals surface area contributed by atoms with Crippen LogP contribution in [0.25, 0.3) is 0 Å². The van der Waals surface area contributed by atoms with Crippen molar-refractivity contribution in [1.82, 2.24) is 4.90 Å². The van der Waals surface area contributed by atoms with Crippen LogP contribution in [0, 0.1) is 17.8 Å². The van der Waals surface area contributed by atoms with Crippen molar-refractivity contribution in [2.24, 2.45) is 28.3 Å². The average Bonchev–Trinajstić information content (AvgIpc) is 3.01. The van der Waals surface area contributed by atoms with Gasteiger partial charge in [-0.2, -0.15) is 0 Å². The molecule has 1 aliphatic rings. The zero-order valence-corrected chi connectivity index (χ0v) is 28.7. The molecule has 262 valence electrons. The monoisotopic (exact) mass is 665 g/mol. The van der Waals surface area contributed by atoms with Crippen molar-refractivity contribution in [1.29, 1.82) is 0 Å². The van der Waals surface area contributed by atoms with E-state index in [4.69, 9.17) is 33.7 Å². The molecule has 0 radical (unpaired) electrons. The SMILES string of the molecule is CCCCCOC(=O)OCC(C)COP(=O)(N=C(N)N(C)C(C(=O)O)C1CCCCC1)OCC(C)COC(=O)OCCCCC. The zero-order valence-electron chi connectivity index (χ0n) is 27.8. The number of likely N-dealkylation sites (N-methyl/N-ethyl adjacent to an activating group) is 1. The number of carbonyl (C=O) groups is 3. The summed E-state index contributed by atoms with van der Waals surface area (Å²) >= 11 is 0. The Kier molecular flexibility index (Phi) is 20.5. The van der Waals surface area contributed by atoms with Gasteiger partial charge in [-0.15, -0.1) is 4.76 Å². The normalized spacial score (nSPS) is 17.4. The maximum atomic E-state index is 13.8. The highest BCUT2D eigenvalue weighted by Crippen LogP contribution is 2.51. The van der Waals surface area contributed by atoms with E-state index >= 15 is 0 Å². The average molecular weight is 666 g/mol. The minimum atomic E-state index is -4.31. The number of guanidine groups is 1. The van der Waals surface area contributed by atoms with Gasteiger partial charge in [0.25, 0.3) is 0 Å². The molecular formula is C30H56N3O11P. The van der Waals surface area contributed by atoms with Gasteiger partial charge in [-0.1, -0.05) is 72.6 Å². The van der Waals surface area contributed by atoms with Gasteiger partial charge in [0.1, 0.15) is 6.04 Å². The number of hydrogen-bond donors (Lipinski definition) is 2. The molecule has 0 aromatic carbocycles. The van der Waals surface area contributed by atoms with Crippen LogP contribution in [-0.4, -0.2) is 87.0 Å². The van der Waals surface area contributed by atoms with Crippen LogP contribution < -0.4 is 5.73 Å². The molecule has 1 rings (SSSR count). The number of hydrogen-bond acceptors (Lipinski definition) is 10. The van der Waals surface area contributed by atoms with Crippen LogP contribution in [0.3, 0.4) is 0 Å². The summed E-state index contributed by atoms with van der Waals surface area (Å²) in [6.45, 7) is 7.53. The van der Waals surface area contributed by atoms with Crippen molar-refractivity contribution in [2.75, 3.05) is 46.7 Å². The Hall–Kier alpha value is -2.57. The Bertz CT molecular complexity index is 904. The summed E-state index contributed by atoms with van der Waals surface area (Å²) in [4.78, 5) is 37.2. The van der Waals surface area contributed by atoms with Gasteiger partial charge in [-0.05, 0) is 31.6 Å². The first-order valence-electron chi connectivity index (χ1n) is 16.2. The molecule has 15 heteroatoms. The number of ether oxygens (including phenoxy) is 4. The number of aliphatic carboxylic acids is 1. The second-order valence-corrected chi connectivity index (χ2v) is 13.4. The predicted octanol–water partition coefficient (Wildman–Crippen LogP) is 6.37. The van der Waals surface area contributed by atoms with E-state index in [0.29, 0.717) is 0 Å². The fourth-order valence-corrected chi connectivity index (χ4v) is 6.09. The van der Waals surface area contributed by atoms with Gasteiger partial charge >= 0.3 is 26.0 Å². The Balaban J connectivity index is 2.89. The topological polar surface area (TPSA) is 186 Å². The van der Waals surface area contributed by atoms with Crippen molar-refractivity contribution in [2.45, 2.75) is 104 Å². The van der Waals surface area contributed by atoms with Crippen LogP contribution in [0.2, 0.25) is 0 Å². The molecule has 45 heavy (non-hydrogen) atoms. The maximum Gasteiger partial charge on any atom is 0.508 e. The lowest BCUT2D eigenvalue weighted by atomic mass is 9.83.